The van der Waals surface area contributed by atoms with Crippen LogP contribution in [0.2, 0.25) is 0 Å². The molecule has 2 aliphatic rings. The number of ether oxygens (including phenoxy) is 1. The van der Waals surface area contributed by atoms with E-state index < -0.39 is 17.3 Å². The fourth-order valence-corrected chi connectivity index (χ4v) is 5.45. The molecule has 0 amide bonds. The van der Waals surface area contributed by atoms with Gasteiger partial charge in [0.05, 0.1) is 31.0 Å². The molecule has 0 spiro atoms. The van der Waals surface area contributed by atoms with Gasteiger partial charge in [-0.3, -0.25) is 4.90 Å². The third kappa shape index (κ3) is 3.06. The molecule has 32 heavy (non-hydrogen) atoms. The summed E-state index contributed by atoms with van der Waals surface area (Å²) >= 11 is 0. The molecule has 6 nitrogen and oxygen atoms in total. The number of nitriles is 3. The molecule has 1 saturated carbocycles. The van der Waals surface area contributed by atoms with Crippen LogP contribution in [-0.2, 0) is 0 Å². The minimum absolute atomic E-state index is 0.110. The number of hydrogen-bond donors (Lipinski definition) is 1. The number of nitrogens with one attached hydrogen (secondary N) is 1. The summed E-state index contributed by atoms with van der Waals surface area (Å²) in [5.41, 5.74) is -0.105. The van der Waals surface area contributed by atoms with Gasteiger partial charge >= 0.3 is 0 Å². The Morgan fingerprint density at radius 3 is 2.47 bits per heavy atom. The highest BCUT2D eigenvalue weighted by Crippen LogP contribution is 2.54. The maximum atomic E-state index is 10.3. The molecule has 0 saturated heterocycles. The molecule has 2 aromatic carbocycles. The Morgan fingerprint density at radius 1 is 1.12 bits per heavy atom. The molecular formula is C26H25N5O. The Labute approximate surface area is 188 Å². The first kappa shape index (κ1) is 21.6. The molecule has 3 atom stereocenters. The van der Waals surface area contributed by atoms with Crippen molar-refractivity contribution in [2.75, 3.05) is 26.7 Å². The summed E-state index contributed by atoms with van der Waals surface area (Å²) in [7, 11) is 1.62. The smallest absolute Gasteiger partial charge is 0.189 e. The molecule has 0 aromatic heterocycles. The first-order valence-corrected chi connectivity index (χ1v) is 10.8. The molecule has 1 unspecified atom stereocenters. The molecule has 6 heteroatoms. The van der Waals surface area contributed by atoms with E-state index >= 15 is 0 Å². The number of nitrogens with zero attached hydrogens (tertiary/aromatic N) is 4. The zero-order valence-corrected chi connectivity index (χ0v) is 18.3. The molecule has 4 rings (SSSR count). The minimum atomic E-state index is -1.71. The van der Waals surface area contributed by atoms with Crippen molar-refractivity contribution in [3.05, 3.63) is 53.6 Å². The highest BCUT2D eigenvalue weighted by Gasteiger charge is 2.58. The summed E-state index contributed by atoms with van der Waals surface area (Å²) in [6.45, 7) is 4.39. The molecule has 1 aliphatic carbocycles. The van der Waals surface area contributed by atoms with E-state index in [9.17, 15) is 15.8 Å². The van der Waals surface area contributed by atoms with Crippen LogP contribution in [0.1, 0.15) is 24.8 Å². The molecular weight excluding hydrogens is 398 g/mol. The Bertz CT molecular complexity index is 1210. The van der Waals surface area contributed by atoms with Gasteiger partial charge in [-0.05, 0) is 35.6 Å². The lowest BCUT2D eigenvalue weighted by atomic mass is 9.54. The zero-order chi connectivity index (χ0) is 22.9. The summed E-state index contributed by atoms with van der Waals surface area (Å²) < 4.78 is 5.55. The van der Waals surface area contributed by atoms with Crippen LogP contribution in [0.15, 0.2) is 48.0 Å². The third-order valence-corrected chi connectivity index (χ3v) is 6.88. The Morgan fingerprint density at radius 2 is 1.84 bits per heavy atom. The van der Waals surface area contributed by atoms with Crippen LogP contribution in [-0.4, -0.2) is 37.4 Å². The van der Waals surface area contributed by atoms with Gasteiger partial charge in [0.25, 0.3) is 0 Å². The second-order valence-electron chi connectivity index (χ2n) is 8.46. The van der Waals surface area contributed by atoms with Gasteiger partial charge in [-0.1, -0.05) is 43.3 Å². The predicted molar refractivity (Wildman–Crippen MR) is 122 cm³/mol. The second kappa shape index (κ2) is 8.46. The largest absolute Gasteiger partial charge is 0.496 e. The number of fused-ring (bicyclic) bond motifs is 2. The summed E-state index contributed by atoms with van der Waals surface area (Å²) in [6.07, 6.45) is 3.04. The van der Waals surface area contributed by atoms with E-state index in [2.05, 4.69) is 30.0 Å². The van der Waals surface area contributed by atoms with E-state index in [4.69, 9.17) is 10.1 Å². The summed E-state index contributed by atoms with van der Waals surface area (Å²) in [5, 5.41) is 41.2. The molecule has 1 fully saturated rings. The van der Waals surface area contributed by atoms with E-state index in [1.165, 1.54) is 0 Å². The maximum absolute atomic E-state index is 10.3. The summed E-state index contributed by atoms with van der Waals surface area (Å²) in [5.74, 6) is -0.887. The standard InChI is InChI=1S/C26H25N5O/c1-3-11-31-12-10-18-21(13-27)25(30)26(15-28,16-29)24(22(18)14-31)20-8-9-23(32-2)19-7-5-4-6-17(19)20/h4-10,21-22,24,30H,3,11-12,14H2,1-2H3/t21?,22-,24-/m0/s1. The lowest BCUT2D eigenvalue weighted by Gasteiger charge is -2.48. The van der Waals surface area contributed by atoms with Gasteiger partial charge in [0.2, 0.25) is 0 Å². The highest BCUT2D eigenvalue weighted by atomic mass is 16.5. The lowest BCUT2D eigenvalue weighted by molar-refractivity contribution is 0.205. The molecule has 1 aliphatic heterocycles. The van der Waals surface area contributed by atoms with Gasteiger partial charge in [0.15, 0.2) is 5.41 Å². The number of methoxy groups -OCH3 is 1. The average molecular weight is 424 g/mol. The predicted octanol–water partition coefficient (Wildman–Crippen LogP) is 4.41. The van der Waals surface area contributed by atoms with Crippen molar-refractivity contribution in [3.63, 3.8) is 0 Å². The van der Waals surface area contributed by atoms with Crippen LogP contribution in [0.4, 0.5) is 0 Å². The van der Waals surface area contributed by atoms with Gasteiger partial charge < -0.3 is 10.1 Å². The van der Waals surface area contributed by atoms with Gasteiger partial charge in [0.1, 0.15) is 11.7 Å². The van der Waals surface area contributed by atoms with Crippen molar-refractivity contribution in [1.82, 2.24) is 4.90 Å². The molecule has 0 bridgehead atoms. The number of hydrogen-bond acceptors (Lipinski definition) is 6. The fraction of sp³-hybridized carbons (Fsp3) is 0.385. The SMILES string of the molecule is CCCN1CC=C2C(C#N)C(=N)C(C#N)(C#N)[C@@H](c3ccc(OC)c4ccccc34)[C@H]2C1. The van der Waals surface area contributed by atoms with E-state index in [1.54, 1.807) is 7.11 Å². The van der Waals surface area contributed by atoms with Crippen LogP contribution in [0.25, 0.3) is 10.8 Å². The van der Waals surface area contributed by atoms with E-state index in [1.807, 2.05) is 42.5 Å². The van der Waals surface area contributed by atoms with Gasteiger partial charge in [-0.15, -0.1) is 0 Å². The van der Waals surface area contributed by atoms with Crippen molar-refractivity contribution in [1.29, 1.82) is 21.2 Å². The fourth-order valence-electron chi connectivity index (χ4n) is 5.45. The van der Waals surface area contributed by atoms with Gasteiger partial charge in [-0.25, -0.2) is 0 Å². The lowest BCUT2D eigenvalue weighted by Crippen LogP contribution is -2.53. The molecule has 1 N–H and O–H groups in total. The normalized spacial score (nSPS) is 24.5. The Hall–Kier alpha value is -3.66. The van der Waals surface area contributed by atoms with Crippen LogP contribution in [0.5, 0.6) is 5.75 Å². The first-order chi connectivity index (χ1) is 15.6. The molecule has 1 heterocycles. The van der Waals surface area contributed by atoms with Crippen molar-refractivity contribution in [3.8, 4) is 24.0 Å². The monoisotopic (exact) mass is 423 g/mol. The quantitative estimate of drug-likeness (QED) is 0.733. The van der Waals surface area contributed by atoms with Crippen molar-refractivity contribution in [2.45, 2.75) is 19.3 Å². The van der Waals surface area contributed by atoms with E-state index in [0.717, 1.165) is 40.6 Å². The molecule has 0 radical (unpaired) electrons. The summed E-state index contributed by atoms with van der Waals surface area (Å²) in [4.78, 5) is 2.30. The van der Waals surface area contributed by atoms with Crippen molar-refractivity contribution in [2.24, 2.45) is 17.3 Å². The second-order valence-corrected chi connectivity index (χ2v) is 8.46. The maximum Gasteiger partial charge on any atom is 0.189 e. The first-order valence-electron chi connectivity index (χ1n) is 10.8. The Balaban J connectivity index is 2.01. The minimum Gasteiger partial charge on any atom is -0.496 e. The van der Waals surface area contributed by atoms with Gasteiger partial charge in [0, 0.05) is 30.3 Å². The van der Waals surface area contributed by atoms with Crippen LogP contribution in [0.3, 0.4) is 0 Å². The molecule has 160 valence electrons. The van der Waals surface area contributed by atoms with Crippen LogP contribution >= 0.6 is 0 Å². The van der Waals surface area contributed by atoms with Gasteiger partial charge in [-0.2, -0.15) is 15.8 Å². The zero-order valence-electron chi connectivity index (χ0n) is 18.3. The highest BCUT2D eigenvalue weighted by molar-refractivity contribution is 6.02. The van der Waals surface area contributed by atoms with Crippen LogP contribution in [0, 0.1) is 56.7 Å². The Kier molecular flexibility index (Phi) is 5.70. The van der Waals surface area contributed by atoms with E-state index in [0.29, 0.717) is 13.1 Å². The summed E-state index contributed by atoms with van der Waals surface area (Å²) in [6, 6.07) is 18.2. The van der Waals surface area contributed by atoms with E-state index in [-0.39, 0.29) is 11.6 Å². The number of rotatable bonds is 4. The van der Waals surface area contributed by atoms with Crippen LogP contribution < -0.4 is 4.74 Å². The van der Waals surface area contributed by atoms with Crippen molar-refractivity contribution >= 4 is 16.5 Å². The third-order valence-electron chi connectivity index (χ3n) is 6.88. The van der Waals surface area contributed by atoms with Crippen molar-refractivity contribution < 1.29 is 4.74 Å². The topological polar surface area (TPSA) is 108 Å². The average Bonchev–Trinajstić information content (AvgIpc) is 2.83. The molecule has 2 aromatic rings. The number of benzene rings is 2.